The van der Waals surface area contributed by atoms with E-state index in [0.29, 0.717) is 48.4 Å². The van der Waals surface area contributed by atoms with E-state index in [2.05, 4.69) is 15.5 Å². The average Bonchev–Trinajstić information content (AvgIpc) is 2.71. The highest BCUT2D eigenvalue weighted by atomic mass is 16.5. The second-order valence-electron chi connectivity index (χ2n) is 7.26. The molecule has 1 unspecified atom stereocenters. The summed E-state index contributed by atoms with van der Waals surface area (Å²) in [5, 5.41) is 5.90. The van der Waals surface area contributed by atoms with E-state index in [1.54, 1.807) is 12.1 Å². The Balaban J connectivity index is 1.91. The minimum Gasteiger partial charge on any atom is -0.493 e. The Morgan fingerprint density at radius 1 is 1.10 bits per heavy atom. The Morgan fingerprint density at radius 2 is 1.79 bits per heavy atom. The topological polar surface area (TPSA) is 89.1 Å². The maximum atomic E-state index is 12.6. The highest BCUT2D eigenvalue weighted by molar-refractivity contribution is 5.93. The van der Waals surface area contributed by atoms with Gasteiger partial charge in [0, 0.05) is 37.3 Å². The molecule has 1 saturated heterocycles. The number of carbonyl (C=O) groups excluding carboxylic acids is 2. The van der Waals surface area contributed by atoms with Gasteiger partial charge in [-0.25, -0.2) is 0 Å². The van der Waals surface area contributed by atoms with E-state index in [0.717, 1.165) is 32.4 Å². The van der Waals surface area contributed by atoms with Crippen molar-refractivity contribution in [3.8, 4) is 17.2 Å². The van der Waals surface area contributed by atoms with Gasteiger partial charge in [-0.15, -0.1) is 0 Å². The standard InChI is InChI=1S/C21H33N3O5/c1-5-7-19(25)22-12-15-8-6-9-24(13-15)14-20(26)23-16-10-17(27-2)21(29-4)18(11-16)28-3/h10-11,15H,5-9,12-14H2,1-4H3,(H,22,25)(H,23,26). The molecule has 1 atom stereocenters. The third-order valence-corrected chi connectivity index (χ3v) is 4.98. The summed E-state index contributed by atoms with van der Waals surface area (Å²) in [6, 6.07) is 3.42. The van der Waals surface area contributed by atoms with Gasteiger partial charge in [0.2, 0.25) is 17.6 Å². The molecule has 1 aliphatic rings. The van der Waals surface area contributed by atoms with Crippen LogP contribution in [0.15, 0.2) is 12.1 Å². The van der Waals surface area contributed by atoms with Crippen LogP contribution in [-0.2, 0) is 9.59 Å². The fourth-order valence-corrected chi connectivity index (χ4v) is 3.59. The maximum Gasteiger partial charge on any atom is 0.238 e. The molecule has 29 heavy (non-hydrogen) atoms. The van der Waals surface area contributed by atoms with Crippen molar-refractivity contribution in [3.05, 3.63) is 12.1 Å². The first-order chi connectivity index (χ1) is 14.0. The van der Waals surface area contributed by atoms with E-state index >= 15 is 0 Å². The molecule has 0 spiro atoms. The Labute approximate surface area is 172 Å². The van der Waals surface area contributed by atoms with Crippen LogP contribution in [0, 0.1) is 5.92 Å². The van der Waals surface area contributed by atoms with Gasteiger partial charge >= 0.3 is 0 Å². The molecular weight excluding hydrogens is 374 g/mol. The second-order valence-corrected chi connectivity index (χ2v) is 7.26. The van der Waals surface area contributed by atoms with Crippen molar-refractivity contribution in [3.63, 3.8) is 0 Å². The fourth-order valence-electron chi connectivity index (χ4n) is 3.59. The molecule has 2 amide bonds. The summed E-state index contributed by atoms with van der Waals surface area (Å²) in [5.41, 5.74) is 0.588. The average molecular weight is 408 g/mol. The number of hydrogen-bond acceptors (Lipinski definition) is 6. The molecule has 1 fully saturated rings. The van der Waals surface area contributed by atoms with Crippen LogP contribution in [0.5, 0.6) is 17.2 Å². The van der Waals surface area contributed by atoms with Crippen LogP contribution in [0.1, 0.15) is 32.6 Å². The predicted octanol–water partition coefficient (Wildman–Crippen LogP) is 2.28. The number of carbonyl (C=O) groups is 2. The van der Waals surface area contributed by atoms with E-state index in [-0.39, 0.29) is 11.8 Å². The van der Waals surface area contributed by atoms with Crippen LogP contribution in [0.25, 0.3) is 0 Å². The summed E-state index contributed by atoms with van der Waals surface area (Å²) in [5.74, 6) is 1.83. The van der Waals surface area contributed by atoms with Crippen molar-refractivity contribution in [2.45, 2.75) is 32.6 Å². The smallest absolute Gasteiger partial charge is 0.238 e. The number of likely N-dealkylation sites (tertiary alicyclic amines) is 1. The molecule has 0 radical (unpaired) electrons. The normalized spacial score (nSPS) is 16.8. The van der Waals surface area contributed by atoms with Crippen LogP contribution in [0.2, 0.25) is 0 Å². The van der Waals surface area contributed by atoms with Crippen LogP contribution < -0.4 is 24.8 Å². The Bertz CT molecular complexity index is 670. The van der Waals surface area contributed by atoms with Crippen LogP contribution in [0.4, 0.5) is 5.69 Å². The van der Waals surface area contributed by atoms with E-state index in [1.807, 2.05) is 6.92 Å². The third-order valence-electron chi connectivity index (χ3n) is 4.98. The summed E-state index contributed by atoms with van der Waals surface area (Å²) in [7, 11) is 4.61. The number of nitrogens with zero attached hydrogens (tertiary/aromatic N) is 1. The van der Waals surface area contributed by atoms with E-state index in [4.69, 9.17) is 14.2 Å². The van der Waals surface area contributed by atoms with Gasteiger partial charge in [-0.05, 0) is 31.7 Å². The van der Waals surface area contributed by atoms with Crippen LogP contribution in [0.3, 0.4) is 0 Å². The van der Waals surface area contributed by atoms with Crippen molar-refractivity contribution < 1.29 is 23.8 Å². The molecule has 1 heterocycles. The summed E-state index contributed by atoms with van der Waals surface area (Å²) in [6.45, 7) is 4.64. The monoisotopic (exact) mass is 407 g/mol. The van der Waals surface area contributed by atoms with E-state index in [9.17, 15) is 9.59 Å². The van der Waals surface area contributed by atoms with Gasteiger partial charge in [0.25, 0.3) is 0 Å². The lowest BCUT2D eigenvalue weighted by molar-refractivity contribution is -0.121. The zero-order chi connectivity index (χ0) is 21.2. The minimum absolute atomic E-state index is 0.102. The van der Waals surface area contributed by atoms with Crippen molar-refractivity contribution in [1.82, 2.24) is 10.2 Å². The third kappa shape index (κ3) is 6.81. The molecule has 162 valence electrons. The van der Waals surface area contributed by atoms with Gasteiger partial charge in [-0.1, -0.05) is 6.92 Å². The molecule has 0 bridgehead atoms. The quantitative estimate of drug-likeness (QED) is 0.619. The van der Waals surface area contributed by atoms with Gasteiger partial charge in [-0.3, -0.25) is 14.5 Å². The minimum atomic E-state index is -0.102. The molecule has 2 N–H and O–H groups in total. The van der Waals surface area contributed by atoms with Crippen molar-refractivity contribution in [2.75, 3.05) is 52.8 Å². The number of hydrogen-bond donors (Lipinski definition) is 2. The van der Waals surface area contributed by atoms with Crippen molar-refractivity contribution in [1.29, 1.82) is 0 Å². The summed E-state index contributed by atoms with van der Waals surface area (Å²) in [6.07, 6.45) is 3.50. The van der Waals surface area contributed by atoms with Gasteiger partial charge in [-0.2, -0.15) is 0 Å². The Morgan fingerprint density at radius 3 is 2.38 bits per heavy atom. The van der Waals surface area contributed by atoms with E-state index < -0.39 is 0 Å². The maximum absolute atomic E-state index is 12.6. The number of amides is 2. The lowest BCUT2D eigenvalue weighted by Crippen LogP contribution is -2.43. The van der Waals surface area contributed by atoms with Crippen LogP contribution in [-0.4, -0.2) is 64.2 Å². The zero-order valence-corrected chi connectivity index (χ0v) is 17.9. The molecular formula is C21H33N3O5. The first-order valence-corrected chi connectivity index (χ1v) is 10.1. The second kappa shape index (κ2) is 11.5. The van der Waals surface area contributed by atoms with Crippen LogP contribution >= 0.6 is 0 Å². The highest BCUT2D eigenvalue weighted by Crippen LogP contribution is 2.39. The number of rotatable bonds is 10. The molecule has 1 aromatic rings. The number of anilines is 1. The van der Waals surface area contributed by atoms with Gasteiger partial charge in [0.15, 0.2) is 11.5 Å². The van der Waals surface area contributed by atoms with Gasteiger partial charge in [0.05, 0.1) is 27.9 Å². The lowest BCUT2D eigenvalue weighted by Gasteiger charge is -2.32. The summed E-state index contributed by atoms with van der Waals surface area (Å²) in [4.78, 5) is 26.4. The first kappa shape index (κ1) is 22.8. The summed E-state index contributed by atoms with van der Waals surface area (Å²) < 4.78 is 16.0. The molecule has 2 rings (SSSR count). The number of nitrogens with one attached hydrogen (secondary N) is 2. The van der Waals surface area contributed by atoms with Crippen molar-refractivity contribution in [2.24, 2.45) is 5.92 Å². The Hall–Kier alpha value is -2.48. The molecule has 1 aromatic carbocycles. The SMILES string of the molecule is CCCC(=O)NCC1CCCN(CC(=O)Nc2cc(OC)c(OC)c(OC)c2)C1. The zero-order valence-electron chi connectivity index (χ0n) is 17.9. The fraction of sp³-hybridized carbons (Fsp3) is 0.619. The van der Waals surface area contributed by atoms with E-state index in [1.165, 1.54) is 21.3 Å². The first-order valence-electron chi connectivity index (χ1n) is 10.1. The number of ether oxygens (including phenoxy) is 3. The molecule has 1 aliphatic heterocycles. The number of piperidine rings is 1. The molecule has 0 saturated carbocycles. The highest BCUT2D eigenvalue weighted by Gasteiger charge is 2.22. The predicted molar refractivity (Wildman–Crippen MR) is 112 cm³/mol. The molecule has 0 aromatic heterocycles. The van der Waals surface area contributed by atoms with Gasteiger partial charge in [0.1, 0.15) is 0 Å². The largest absolute Gasteiger partial charge is 0.493 e. The van der Waals surface area contributed by atoms with Crippen molar-refractivity contribution >= 4 is 17.5 Å². The molecule has 8 heteroatoms. The Kier molecular flexibility index (Phi) is 9.05. The number of benzene rings is 1. The molecule has 8 nitrogen and oxygen atoms in total. The number of methoxy groups -OCH3 is 3. The molecule has 0 aliphatic carbocycles. The lowest BCUT2D eigenvalue weighted by atomic mass is 9.98. The van der Waals surface area contributed by atoms with Gasteiger partial charge < -0.3 is 24.8 Å². The summed E-state index contributed by atoms with van der Waals surface area (Å²) >= 11 is 0.